The van der Waals surface area contributed by atoms with Gasteiger partial charge < -0.3 is 10.1 Å². The van der Waals surface area contributed by atoms with Gasteiger partial charge in [0.15, 0.2) is 0 Å². The van der Waals surface area contributed by atoms with Gasteiger partial charge in [0.1, 0.15) is 5.75 Å². The molecular weight excluding hydrogens is 222 g/mol. The Morgan fingerprint density at radius 2 is 2.22 bits per heavy atom. The van der Waals surface area contributed by atoms with Gasteiger partial charge >= 0.3 is 0 Å². The van der Waals surface area contributed by atoms with Gasteiger partial charge in [-0.3, -0.25) is 0 Å². The van der Waals surface area contributed by atoms with E-state index in [0.717, 1.165) is 25.3 Å². The van der Waals surface area contributed by atoms with Crippen LogP contribution in [0.25, 0.3) is 0 Å². The van der Waals surface area contributed by atoms with E-state index in [1.165, 1.54) is 30.4 Å². The van der Waals surface area contributed by atoms with Crippen molar-refractivity contribution >= 4 is 0 Å². The SMILES string of the molecule is CC1(C)CCC(Oc2cccc3c2CNCC3)C1. The molecule has 1 aliphatic heterocycles. The van der Waals surface area contributed by atoms with E-state index < -0.39 is 0 Å². The summed E-state index contributed by atoms with van der Waals surface area (Å²) in [7, 11) is 0. The van der Waals surface area contributed by atoms with Crippen LogP contribution in [-0.2, 0) is 13.0 Å². The fourth-order valence-electron chi connectivity index (χ4n) is 3.25. The lowest BCUT2D eigenvalue weighted by molar-refractivity contribution is 0.190. The van der Waals surface area contributed by atoms with E-state index >= 15 is 0 Å². The van der Waals surface area contributed by atoms with Gasteiger partial charge in [-0.1, -0.05) is 26.0 Å². The van der Waals surface area contributed by atoms with Crippen LogP contribution in [0, 0.1) is 5.41 Å². The second kappa shape index (κ2) is 4.58. The molecule has 1 aliphatic carbocycles. The van der Waals surface area contributed by atoms with Crippen molar-refractivity contribution in [1.82, 2.24) is 5.32 Å². The van der Waals surface area contributed by atoms with Crippen molar-refractivity contribution in [2.75, 3.05) is 6.54 Å². The van der Waals surface area contributed by atoms with E-state index in [2.05, 4.69) is 37.4 Å². The standard InChI is InChI=1S/C16H23NO/c1-16(2)8-6-13(10-16)18-15-5-3-4-12-7-9-17-11-14(12)15/h3-5,13,17H,6-11H2,1-2H3. The minimum atomic E-state index is 0.411. The van der Waals surface area contributed by atoms with Crippen LogP contribution in [0.3, 0.4) is 0 Å². The normalized spacial score (nSPS) is 25.8. The van der Waals surface area contributed by atoms with Crippen LogP contribution in [0.5, 0.6) is 5.75 Å². The van der Waals surface area contributed by atoms with Crippen molar-refractivity contribution in [3.8, 4) is 5.75 Å². The quantitative estimate of drug-likeness (QED) is 0.863. The van der Waals surface area contributed by atoms with Crippen LogP contribution in [0.2, 0.25) is 0 Å². The van der Waals surface area contributed by atoms with E-state index in [4.69, 9.17) is 4.74 Å². The van der Waals surface area contributed by atoms with Crippen LogP contribution in [-0.4, -0.2) is 12.6 Å². The third kappa shape index (κ3) is 2.39. The average molecular weight is 245 g/mol. The Labute approximate surface area is 110 Å². The number of nitrogens with one attached hydrogen (secondary N) is 1. The predicted octanol–water partition coefficient (Wildman–Crippen LogP) is 3.29. The zero-order valence-electron chi connectivity index (χ0n) is 11.5. The van der Waals surface area contributed by atoms with Crippen LogP contribution < -0.4 is 10.1 Å². The lowest BCUT2D eigenvalue weighted by Crippen LogP contribution is -2.25. The summed E-state index contributed by atoms with van der Waals surface area (Å²) in [5.41, 5.74) is 3.30. The van der Waals surface area contributed by atoms with E-state index in [9.17, 15) is 0 Å². The number of ether oxygens (including phenoxy) is 1. The van der Waals surface area contributed by atoms with Crippen LogP contribution in [0.1, 0.15) is 44.2 Å². The molecule has 2 nitrogen and oxygen atoms in total. The van der Waals surface area contributed by atoms with Crippen LogP contribution in [0.15, 0.2) is 18.2 Å². The van der Waals surface area contributed by atoms with Gasteiger partial charge in [-0.2, -0.15) is 0 Å². The van der Waals surface area contributed by atoms with Crippen LogP contribution >= 0.6 is 0 Å². The predicted molar refractivity (Wildman–Crippen MR) is 73.9 cm³/mol. The molecule has 1 unspecified atom stereocenters. The first-order valence-corrected chi connectivity index (χ1v) is 7.12. The zero-order valence-corrected chi connectivity index (χ0v) is 11.5. The Bertz CT molecular complexity index is 439. The van der Waals surface area contributed by atoms with E-state index in [1.54, 1.807) is 0 Å². The number of rotatable bonds is 2. The molecule has 1 saturated carbocycles. The highest BCUT2D eigenvalue weighted by Crippen LogP contribution is 2.39. The van der Waals surface area contributed by atoms with Gasteiger partial charge in [-0.05, 0) is 49.3 Å². The number of hydrogen-bond acceptors (Lipinski definition) is 2. The smallest absolute Gasteiger partial charge is 0.124 e. The highest BCUT2D eigenvalue weighted by atomic mass is 16.5. The molecule has 3 rings (SSSR count). The number of fused-ring (bicyclic) bond motifs is 1. The molecule has 1 N–H and O–H groups in total. The largest absolute Gasteiger partial charge is 0.490 e. The molecule has 0 saturated heterocycles. The minimum absolute atomic E-state index is 0.411. The maximum Gasteiger partial charge on any atom is 0.124 e. The molecule has 0 spiro atoms. The summed E-state index contributed by atoms with van der Waals surface area (Å²) in [5, 5.41) is 3.44. The average Bonchev–Trinajstić information content (AvgIpc) is 2.69. The molecule has 0 amide bonds. The fraction of sp³-hybridized carbons (Fsp3) is 0.625. The molecule has 2 heteroatoms. The summed E-state index contributed by atoms with van der Waals surface area (Å²) in [5.74, 6) is 1.11. The molecule has 1 atom stereocenters. The Balaban J connectivity index is 1.77. The summed E-state index contributed by atoms with van der Waals surface area (Å²) in [6.07, 6.45) is 5.20. The van der Waals surface area contributed by atoms with Crippen molar-refractivity contribution in [1.29, 1.82) is 0 Å². The minimum Gasteiger partial charge on any atom is -0.490 e. The molecule has 18 heavy (non-hydrogen) atoms. The maximum absolute atomic E-state index is 6.27. The van der Waals surface area contributed by atoms with Gasteiger partial charge in [0.05, 0.1) is 6.10 Å². The first kappa shape index (κ1) is 12.0. The summed E-state index contributed by atoms with van der Waals surface area (Å²) in [4.78, 5) is 0. The van der Waals surface area contributed by atoms with Gasteiger partial charge in [0.25, 0.3) is 0 Å². The number of hydrogen-bond donors (Lipinski definition) is 1. The van der Waals surface area contributed by atoms with Gasteiger partial charge in [0.2, 0.25) is 0 Å². The number of benzene rings is 1. The monoisotopic (exact) mass is 245 g/mol. The van der Waals surface area contributed by atoms with Crippen molar-refractivity contribution in [3.05, 3.63) is 29.3 Å². The summed E-state index contributed by atoms with van der Waals surface area (Å²) >= 11 is 0. The van der Waals surface area contributed by atoms with E-state index in [0.29, 0.717) is 11.5 Å². The summed E-state index contributed by atoms with van der Waals surface area (Å²) in [6.45, 7) is 6.74. The second-order valence-corrected chi connectivity index (χ2v) is 6.47. The second-order valence-electron chi connectivity index (χ2n) is 6.47. The van der Waals surface area contributed by atoms with Crippen molar-refractivity contribution in [3.63, 3.8) is 0 Å². The Kier molecular flexibility index (Phi) is 3.06. The van der Waals surface area contributed by atoms with Gasteiger partial charge in [-0.25, -0.2) is 0 Å². The molecule has 1 fully saturated rings. The van der Waals surface area contributed by atoms with Crippen molar-refractivity contribution in [2.45, 2.75) is 52.2 Å². The molecule has 1 aromatic carbocycles. The Morgan fingerprint density at radius 1 is 1.33 bits per heavy atom. The third-order valence-electron chi connectivity index (χ3n) is 4.32. The zero-order chi connectivity index (χ0) is 12.6. The Morgan fingerprint density at radius 3 is 3.00 bits per heavy atom. The topological polar surface area (TPSA) is 21.3 Å². The maximum atomic E-state index is 6.27. The van der Waals surface area contributed by atoms with Crippen molar-refractivity contribution < 1.29 is 4.74 Å². The van der Waals surface area contributed by atoms with E-state index in [-0.39, 0.29) is 0 Å². The summed E-state index contributed by atoms with van der Waals surface area (Å²) < 4.78 is 6.27. The molecule has 98 valence electrons. The third-order valence-corrected chi connectivity index (χ3v) is 4.32. The van der Waals surface area contributed by atoms with Crippen LogP contribution in [0.4, 0.5) is 0 Å². The molecule has 1 heterocycles. The summed E-state index contributed by atoms with van der Waals surface area (Å²) in [6, 6.07) is 6.51. The fourth-order valence-corrected chi connectivity index (χ4v) is 3.25. The molecule has 0 radical (unpaired) electrons. The first-order valence-electron chi connectivity index (χ1n) is 7.12. The highest BCUT2D eigenvalue weighted by molar-refractivity contribution is 5.41. The Hall–Kier alpha value is -1.02. The van der Waals surface area contributed by atoms with Gasteiger partial charge in [0, 0.05) is 12.1 Å². The molecule has 2 aliphatic rings. The molecular formula is C16H23NO. The molecule has 0 bridgehead atoms. The van der Waals surface area contributed by atoms with Crippen molar-refractivity contribution in [2.24, 2.45) is 5.41 Å². The van der Waals surface area contributed by atoms with Gasteiger partial charge in [-0.15, -0.1) is 0 Å². The molecule has 0 aromatic heterocycles. The van der Waals surface area contributed by atoms with E-state index in [1.807, 2.05) is 0 Å². The first-order chi connectivity index (χ1) is 8.64. The lowest BCUT2D eigenvalue weighted by Gasteiger charge is -2.23. The molecule has 1 aromatic rings. The highest BCUT2D eigenvalue weighted by Gasteiger charge is 2.32. The lowest BCUT2D eigenvalue weighted by atomic mass is 9.92.